The first-order valence-electron chi connectivity index (χ1n) is 6.59. The fourth-order valence-corrected chi connectivity index (χ4v) is 2.55. The molecule has 1 aliphatic carbocycles. The summed E-state index contributed by atoms with van der Waals surface area (Å²) in [5, 5.41) is 0. The molecule has 0 aromatic heterocycles. The minimum Gasteiger partial charge on any atom is -0.0628 e. The third kappa shape index (κ3) is 4.02. The Bertz CT molecular complexity index is 140. The molecule has 1 aliphatic rings. The summed E-state index contributed by atoms with van der Waals surface area (Å²) in [6.07, 6.45) is 8.93. The first kappa shape index (κ1) is 12.1. The van der Waals surface area contributed by atoms with Crippen molar-refractivity contribution in [3.63, 3.8) is 0 Å². The lowest BCUT2D eigenvalue weighted by atomic mass is 9.68. The maximum atomic E-state index is 2.37. The molecule has 0 N–H and O–H groups in total. The first-order valence-corrected chi connectivity index (χ1v) is 6.59. The van der Waals surface area contributed by atoms with Gasteiger partial charge >= 0.3 is 0 Å². The molecular formula is C14H28. The predicted molar refractivity (Wildman–Crippen MR) is 64.4 cm³/mol. The molecule has 0 bridgehead atoms. The SMILES string of the molecule is CC(C)CCCCC1CC(C(C)C)C1. The van der Waals surface area contributed by atoms with Crippen LogP contribution in [-0.4, -0.2) is 0 Å². The van der Waals surface area contributed by atoms with Gasteiger partial charge in [0.1, 0.15) is 0 Å². The van der Waals surface area contributed by atoms with Crippen LogP contribution in [0.25, 0.3) is 0 Å². The Balaban J connectivity index is 1.91. The predicted octanol–water partition coefficient (Wildman–Crippen LogP) is 4.89. The quantitative estimate of drug-likeness (QED) is 0.531. The normalized spacial score (nSPS) is 27.0. The molecule has 14 heavy (non-hydrogen) atoms. The van der Waals surface area contributed by atoms with E-state index in [1.165, 1.54) is 38.5 Å². The molecule has 0 saturated heterocycles. The molecule has 0 spiro atoms. The minimum atomic E-state index is 0.903. The van der Waals surface area contributed by atoms with E-state index in [0.29, 0.717) is 0 Å². The standard InChI is InChI=1S/C14H28/c1-11(2)7-5-6-8-13-9-14(10-13)12(3)4/h11-14H,5-10H2,1-4H3. The van der Waals surface area contributed by atoms with Gasteiger partial charge in [-0.1, -0.05) is 53.4 Å². The molecule has 1 fully saturated rings. The Morgan fingerprint density at radius 3 is 2.14 bits per heavy atom. The summed E-state index contributed by atoms with van der Waals surface area (Å²) < 4.78 is 0. The van der Waals surface area contributed by atoms with Crippen LogP contribution in [0.1, 0.15) is 66.2 Å². The molecule has 1 saturated carbocycles. The number of rotatable bonds is 6. The zero-order valence-electron chi connectivity index (χ0n) is 10.6. The monoisotopic (exact) mass is 196 g/mol. The molecule has 0 nitrogen and oxygen atoms in total. The van der Waals surface area contributed by atoms with E-state index in [-0.39, 0.29) is 0 Å². The summed E-state index contributed by atoms with van der Waals surface area (Å²) in [7, 11) is 0. The van der Waals surface area contributed by atoms with Gasteiger partial charge in [-0.3, -0.25) is 0 Å². The van der Waals surface area contributed by atoms with Crippen molar-refractivity contribution >= 4 is 0 Å². The highest BCUT2D eigenvalue weighted by molar-refractivity contribution is 4.81. The molecule has 0 unspecified atom stereocenters. The van der Waals surface area contributed by atoms with Crippen molar-refractivity contribution < 1.29 is 0 Å². The van der Waals surface area contributed by atoms with E-state index in [1.807, 2.05) is 0 Å². The summed E-state index contributed by atoms with van der Waals surface area (Å²) in [6.45, 7) is 9.41. The average Bonchev–Trinajstić information content (AvgIpc) is 1.98. The molecule has 0 heterocycles. The van der Waals surface area contributed by atoms with Crippen LogP contribution in [0.2, 0.25) is 0 Å². The first-order chi connectivity index (χ1) is 6.59. The highest BCUT2D eigenvalue weighted by Crippen LogP contribution is 2.41. The fourth-order valence-electron chi connectivity index (χ4n) is 2.55. The van der Waals surface area contributed by atoms with Crippen molar-refractivity contribution in [2.45, 2.75) is 66.2 Å². The van der Waals surface area contributed by atoms with Gasteiger partial charge in [0.15, 0.2) is 0 Å². The Morgan fingerprint density at radius 1 is 1.00 bits per heavy atom. The van der Waals surface area contributed by atoms with Crippen LogP contribution >= 0.6 is 0 Å². The van der Waals surface area contributed by atoms with Crippen LogP contribution < -0.4 is 0 Å². The molecular weight excluding hydrogens is 168 g/mol. The van der Waals surface area contributed by atoms with Crippen molar-refractivity contribution in [2.75, 3.05) is 0 Å². The van der Waals surface area contributed by atoms with Gasteiger partial charge in [-0.2, -0.15) is 0 Å². The van der Waals surface area contributed by atoms with E-state index in [0.717, 1.165) is 23.7 Å². The maximum absolute atomic E-state index is 2.37. The summed E-state index contributed by atoms with van der Waals surface area (Å²) in [5.74, 6) is 3.99. The molecule has 0 heteroatoms. The lowest BCUT2D eigenvalue weighted by Gasteiger charge is -2.38. The highest BCUT2D eigenvalue weighted by atomic mass is 14.4. The second-order valence-corrected chi connectivity index (χ2v) is 6.02. The van der Waals surface area contributed by atoms with Crippen LogP contribution in [0.15, 0.2) is 0 Å². The van der Waals surface area contributed by atoms with Crippen LogP contribution in [0.4, 0.5) is 0 Å². The largest absolute Gasteiger partial charge is 0.0628 e. The topological polar surface area (TPSA) is 0 Å². The molecule has 1 rings (SSSR count). The number of hydrogen-bond donors (Lipinski definition) is 0. The molecule has 0 aliphatic heterocycles. The highest BCUT2D eigenvalue weighted by Gasteiger charge is 2.30. The van der Waals surface area contributed by atoms with Gasteiger partial charge in [-0.25, -0.2) is 0 Å². The van der Waals surface area contributed by atoms with Crippen molar-refractivity contribution in [1.82, 2.24) is 0 Å². The third-order valence-corrected chi connectivity index (χ3v) is 3.86. The Morgan fingerprint density at radius 2 is 1.64 bits per heavy atom. The van der Waals surface area contributed by atoms with Crippen LogP contribution in [-0.2, 0) is 0 Å². The number of hydrogen-bond acceptors (Lipinski definition) is 0. The average molecular weight is 196 g/mol. The molecule has 84 valence electrons. The van der Waals surface area contributed by atoms with E-state index in [2.05, 4.69) is 27.7 Å². The van der Waals surface area contributed by atoms with Gasteiger partial charge in [0, 0.05) is 0 Å². The Kier molecular flexibility index (Phi) is 4.98. The van der Waals surface area contributed by atoms with Crippen LogP contribution in [0.3, 0.4) is 0 Å². The smallest absolute Gasteiger partial charge is 0.0386 e. The van der Waals surface area contributed by atoms with Gasteiger partial charge in [-0.05, 0) is 36.5 Å². The van der Waals surface area contributed by atoms with E-state index in [9.17, 15) is 0 Å². The van der Waals surface area contributed by atoms with Crippen molar-refractivity contribution in [1.29, 1.82) is 0 Å². The Labute approximate surface area is 90.5 Å². The zero-order chi connectivity index (χ0) is 10.6. The lowest BCUT2D eigenvalue weighted by molar-refractivity contribution is 0.130. The summed E-state index contributed by atoms with van der Waals surface area (Å²) >= 11 is 0. The maximum Gasteiger partial charge on any atom is -0.0386 e. The molecule has 0 atom stereocenters. The Hall–Kier alpha value is 0. The van der Waals surface area contributed by atoms with Gasteiger partial charge in [0.25, 0.3) is 0 Å². The zero-order valence-corrected chi connectivity index (χ0v) is 10.6. The van der Waals surface area contributed by atoms with E-state index >= 15 is 0 Å². The van der Waals surface area contributed by atoms with Crippen LogP contribution in [0, 0.1) is 23.7 Å². The van der Waals surface area contributed by atoms with E-state index in [4.69, 9.17) is 0 Å². The third-order valence-electron chi connectivity index (χ3n) is 3.86. The lowest BCUT2D eigenvalue weighted by Crippen LogP contribution is -2.27. The number of unbranched alkanes of at least 4 members (excludes halogenated alkanes) is 1. The van der Waals surface area contributed by atoms with E-state index < -0.39 is 0 Å². The fraction of sp³-hybridized carbons (Fsp3) is 1.00. The molecule has 0 aromatic rings. The second kappa shape index (κ2) is 5.78. The second-order valence-electron chi connectivity index (χ2n) is 6.02. The van der Waals surface area contributed by atoms with Crippen molar-refractivity contribution in [3.05, 3.63) is 0 Å². The van der Waals surface area contributed by atoms with Crippen LogP contribution in [0.5, 0.6) is 0 Å². The van der Waals surface area contributed by atoms with E-state index in [1.54, 1.807) is 0 Å². The summed E-state index contributed by atoms with van der Waals surface area (Å²) in [6, 6.07) is 0. The van der Waals surface area contributed by atoms with Crippen molar-refractivity contribution in [3.8, 4) is 0 Å². The van der Waals surface area contributed by atoms with Gasteiger partial charge in [0.05, 0.1) is 0 Å². The van der Waals surface area contributed by atoms with Gasteiger partial charge < -0.3 is 0 Å². The minimum absolute atomic E-state index is 0.903. The van der Waals surface area contributed by atoms with Gasteiger partial charge in [0.2, 0.25) is 0 Å². The molecule has 0 amide bonds. The van der Waals surface area contributed by atoms with Gasteiger partial charge in [-0.15, -0.1) is 0 Å². The summed E-state index contributed by atoms with van der Waals surface area (Å²) in [4.78, 5) is 0. The molecule has 0 radical (unpaired) electrons. The van der Waals surface area contributed by atoms with Crippen molar-refractivity contribution in [2.24, 2.45) is 23.7 Å². The summed E-state index contributed by atoms with van der Waals surface area (Å²) in [5.41, 5.74) is 0. The molecule has 0 aromatic carbocycles.